The van der Waals surface area contributed by atoms with Gasteiger partial charge in [-0.2, -0.15) is 4.99 Å². The van der Waals surface area contributed by atoms with Crippen LogP contribution in [0, 0.1) is 6.92 Å². The second-order valence-electron chi connectivity index (χ2n) is 9.66. The Morgan fingerprint density at radius 2 is 1.98 bits per heavy atom. The number of ether oxygens (including phenoxy) is 1. The third-order valence-corrected chi connectivity index (χ3v) is 8.39. The zero-order valence-electron chi connectivity index (χ0n) is 22.0. The third-order valence-electron chi connectivity index (χ3n) is 6.40. The SMILES string of the molecule is COC(=O)C=C1SC(N=Nc2c(O)n3c4c(cc(C)cc24)C(CSc2ccccc2C(=O)O)=CC3(C)C)=NC1=O. The number of nitrogens with zero attached hydrogens (tertiary/aromatic N) is 4. The van der Waals surface area contributed by atoms with Gasteiger partial charge in [-0.15, -0.1) is 22.0 Å². The number of rotatable bonds is 6. The van der Waals surface area contributed by atoms with Crippen LogP contribution in [-0.4, -0.2) is 50.7 Å². The number of amidine groups is 1. The highest BCUT2D eigenvalue weighted by atomic mass is 32.2. The minimum Gasteiger partial charge on any atom is -0.493 e. The number of aryl methyl sites for hydroxylation is 1. The van der Waals surface area contributed by atoms with Crippen LogP contribution >= 0.6 is 23.5 Å². The summed E-state index contributed by atoms with van der Waals surface area (Å²) in [5, 5.41) is 30.0. The molecule has 40 heavy (non-hydrogen) atoms. The fraction of sp³-hybridized carbons (Fsp3) is 0.214. The largest absolute Gasteiger partial charge is 0.493 e. The number of aromatic hydroxyl groups is 1. The van der Waals surface area contributed by atoms with Crippen molar-refractivity contribution < 1.29 is 29.3 Å². The number of carboxylic acid groups (broad SMARTS) is 1. The van der Waals surface area contributed by atoms with E-state index in [-0.39, 0.29) is 27.2 Å². The minimum absolute atomic E-state index is 0.0368. The van der Waals surface area contributed by atoms with Crippen molar-refractivity contribution in [3.8, 4) is 5.88 Å². The molecule has 204 valence electrons. The van der Waals surface area contributed by atoms with Crippen molar-refractivity contribution in [2.24, 2.45) is 15.2 Å². The molecular formula is C28H24N4O6S2. The normalized spacial score (nSPS) is 17.0. The van der Waals surface area contributed by atoms with Crippen molar-refractivity contribution in [2.45, 2.75) is 31.2 Å². The summed E-state index contributed by atoms with van der Waals surface area (Å²) in [7, 11) is 1.21. The van der Waals surface area contributed by atoms with Gasteiger partial charge in [0.25, 0.3) is 5.91 Å². The number of aliphatic imine (C=N–C) groups is 1. The van der Waals surface area contributed by atoms with Crippen LogP contribution in [0.15, 0.2) is 73.6 Å². The first kappa shape index (κ1) is 27.4. The maximum atomic E-state index is 12.1. The number of hydrogen-bond donors (Lipinski definition) is 2. The van der Waals surface area contributed by atoms with Crippen LogP contribution in [-0.2, 0) is 19.9 Å². The van der Waals surface area contributed by atoms with E-state index in [2.05, 4.69) is 26.0 Å². The Morgan fingerprint density at radius 1 is 1.23 bits per heavy atom. The number of amides is 1. The first-order chi connectivity index (χ1) is 19.0. The van der Waals surface area contributed by atoms with Crippen molar-refractivity contribution in [3.05, 3.63) is 70.1 Å². The molecule has 0 aliphatic carbocycles. The van der Waals surface area contributed by atoms with Gasteiger partial charge in [-0.1, -0.05) is 18.2 Å². The molecule has 12 heteroatoms. The molecule has 0 saturated carbocycles. The van der Waals surface area contributed by atoms with Gasteiger partial charge < -0.3 is 19.5 Å². The van der Waals surface area contributed by atoms with E-state index in [9.17, 15) is 24.6 Å². The van der Waals surface area contributed by atoms with Crippen molar-refractivity contribution in [3.63, 3.8) is 0 Å². The molecule has 0 radical (unpaired) electrons. The zero-order chi connectivity index (χ0) is 28.8. The molecule has 2 aromatic carbocycles. The number of methoxy groups -OCH3 is 1. The first-order valence-corrected chi connectivity index (χ1v) is 13.9. The molecule has 0 spiro atoms. The van der Waals surface area contributed by atoms with Crippen LogP contribution in [0.4, 0.5) is 5.69 Å². The molecular weight excluding hydrogens is 552 g/mol. The molecule has 0 fully saturated rings. The van der Waals surface area contributed by atoms with Crippen LogP contribution < -0.4 is 0 Å². The number of allylic oxidation sites excluding steroid dienone is 1. The molecule has 2 N–H and O–H groups in total. The Kier molecular flexibility index (Phi) is 7.15. The third kappa shape index (κ3) is 4.95. The molecule has 1 aromatic heterocycles. The number of carboxylic acids is 1. The number of carbonyl (C=O) groups excluding carboxylic acids is 2. The van der Waals surface area contributed by atoms with E-state index in [1.807, 2.05) is 39.0 Å². The van der Waals surface area contributed by atoms with E-state index in [1.165, 1.54) is 18.9 Å². The van der Waals surface area contributed by atoms with Gasteiger partial charge >= 0.3 is 11.9 Å². The predicted octanol–water partition coefficient (Wildman–Crippen LogP) is 6.05. The topological polar surface area (TPSA) is 143 Å². The summed E-state index contributed by atoms with van der Waals surface area (Å²) in [4.78, 5) is 39.9. The Morgan fingerprint density at radius 3 is 2.70 bits per heavy atom. The highest BCUT2D eigenvalue weighted by molar-refractivity contribution is 8.18. The highest BCUT2D eigenvalue weighted by Gasteiger charge is 2.34. The number of benzene rings is 2. The lowest BCUT2D eigenvalue weighted by Gasteiger charge is -2.32. The van der Waals surface area contributed by atoms with Gasteiger partial charge in [0.1, 0.15) is 0 Å². The molecule has 2 aliphatic heterocycles. The Balaban J connectivity index is 1.53. The molecule has 3 aromatic rings. The summed E-state index contributed by atoms with van der Waals surface area (Å²) in [6, 6.07) is 10.8. The number of azo groups is 1. The van der Waals surface area contributed by atoms with Gasteiger partial charge in [0.2, 0.25) is 11.0 Å². The number of esters is 1. The summed E-state index contributed by atoms with van der Waals surface area (Å²) < 4.78 is 6.36. The Bertz CT molecular complexity index is 1730. The maximum Gasteiger partial charge on any atom is 0.336 e. The monoisotopic (exact) mass is 576 g/mol. The average Bonchev–Trinajstić information content (AvgIpc) is 3.39. The molecule has 2 aliphatic rings. The van der Waals surface area contributed by atoms with Crippen molar-refractivity contribution in [1.29, 1.82) is 0 Å². The van der Waals surface area contributed by atoms with Crippen molar-refractivity contribution in [1.82, 2.24) is 4.57 Å². The summed E-state index contributed by atoms with van der Waals surface area (Å²) in [5.41, 5.74) is 3.43. The van der Waals surface area contributed by atoms with E-state index >= 15 is 0 Å². The minimum atomic E-state index is -0.979. The summed E-state index contributed by atoms with van der Waals surface area (Å²) >= 11 is 2.33. The van der Waals surface area contributed by atoms with E-state index in [0.717, 1.165) is 40.1 Å². The van der Waals surface area contributed by atoms with E-state index < -0.39 is 23.4 Å². The summed E-state index contributed by atoms with van der Waals surface area (Å²) in [6.45, 7) is 5.87. The highest BCUT2D eigenvalue weighted by Crippen LogP contribution is 2.49. The quantitative estimate of drug-likeness (QED) is 0.156. The number of hydrogen-bond acceptors (Lipinski definition) is 9. The Hall–Kier alpha value is -4.16. The lowest BCUT2D eigenvalue weighted by atomic mass is 9.91. The van der Waals surface area contributed by atoms with Gasteiger partial charge in [0, 0.05) is 27.7 Å². The number of aromatic nitrogens is 1. The van der Waals surface area contributed by atoms with Crippen molar-refractivity contribution >= 4 is 68.7 Å². The fourth-order valence-electron chi connectivity index (χ4n) is 4.75. The van der Waals surface area contributed by atoms with Gasteiger partial charge in [0.15, 0.2) is 5.69 Å². The molecule has 3 heterocycles. The maximum absolute atomic E-state index is 12.1. The number of thioether (sulfide) groups is 2. The number of aromatic carboxylic acids is 1. The van der Waals surface area contributed by atoms with Crippen LogP contribution in [0.3, 0.4) is 0 Å². The van der Waals surface area contributed by atoms with Crippen LogP contribution in [0.1, 0.15) is 35.3 Å². The smallest absolute Gasteiger partial charge is 0.336 e. The van der Waals surface area contributed by atoms with Crippen LogP contribution in [0.25, 0.3) is 16.5 Å². The lowest BCUT2D eigenvalue weighted by Crippen LogP contribution is -2.27. The lowest BCUT2D eigenvalue weighted by molar-refractivity contribution is -0.135. The summed E-state index contributed by atoms with van der Waals surface area (Å²) in [5.74, 6) is -1.85. The standard InChI is InChI=1S/C28H24N4O6S2/c1-14-9-17-15(13-39-19-8-6-5-7-16(19)26(36)37)12-28(2,3)32-23(17)18(10-14)22(25(32)35)30-31-27-29-24(34)20(40-27)11-21(33)38-4/h5-12,35H,13H2,1-4H3,(H,36,37). The zero-order valence-corrected chi connectivity index (χ0v) is 23.6. The molecule has 0 bridgehead atoms. The first-order valence-electron chi connectivity index (χ1n) is 12.1. The van der Waals surface area contributed by atoms with Crippen molar-refractivity contribution in [2.75, 3.05) is 12.9 Å². The van der Waals surface area contributed by atoms with Crippen LogP contribution in [0.2, 0.25) is 0 Å². The van der Waals surface area contributed by atoms with E-state index in [0.29, 0.717) is 16.0 Å². The molecule has 5 rings (SSSR count). The average molecular weight is 577 g/mol. The molecule has 1 amide bonds. The summed E-state index contributed by atoms with van der Waals surface area (Å²) in [6.07, 6.45) is 3.10. The second kappa shape index (κ2) is 10.4. The van der Waals surface area contributed by atoms with Crippen LogP contribution in [0.5, 0.6) is 5.88 Å². The molecule has 10 nitrogen and oxygen atoms in total. The van der Waals surface area contributed by atoms with Gasteiger partial charge in [-0.25, -0.2) is 9.59 Å². The molecule has 0 unspecified atom stereocenters. The van der Waals surface area contributed by atoms with E-state index in [4.69, 9.17) is 0 Å². The Labute approximate surface area is 237 Å². The van der Waals surface area contributed by atoms with Gasteiger partial charge in [0.05, 0.1) is 28.6 Å². The predicted molar refractivity (Wildman–Crippen MR) is 154 cm³/mol. The fourth-order valence-corrected chi connectivity index (χ4v) is 6.48. The second-order valence-corrected chi connectivity index (χ2v) is 11.7. The van der Waals surface area contributed by atoms with Gasteiger partial charge in [-0.3, -0.25) is 4.79 Å². The number of carbonyl (C=O) groups is 3. The van der Waals surface area contributed by atoms with Gasteiger partial charge in [-0.05, 0) is 67.9 Å². The van der Waals surface area contributed by atoms with E-state index in [1.54, 1.807) is 22.8 Å². The molecule has 0 saturated heterocycles. The molecule has 0 atom stereocenters.